The molecule has 2 aromatic carbocycles. The van der Waals surface area contributed by atoms with Crippen molar-refractivity contribution in [1.29, 1.82) is 0 Å². The van der Waals surface area contributed by atoms with Gasteiger partial charge in [-0.2, -0.15) is 0 Å². The van der Waals surface area contributed by atoms with Crippen molar-refractivity contribution >= 4 is 17.5 Å². The lowest BCUT2D eigenvalue weighted by Crippen LogP contribution is -2.50. The van der Waals surface area contributed by atoms with Gasteiger partial charge in [-0.05, 0) is 36.6 Å². The summed E-state index contributed by atoms with van der Waals surface area (Å²) in [7, 11) is 0. The quantitative estimate of drug-likeness (QED) is 0.858. The van der Waals surface area contributed by atoms with E-state index in [9.17, 15) is 9.59 Å². The number of hydrogen-bond donors (Lipinski definition) is 1. The van der Waals surface area contributed by atoms with Gasteiger partial charge >= 0.3 is 0 Å². The number of para-hydroxylation sites is 1. The van der Waals surface area contributed by atoms with Crippen LogP contribution in [0.2, 0.25) is 0 Å². The highest BCUT2D eigenvalue weighted by Gasteiger charge is 2.39. The molecule has 0 spiro atoms. The number of nitrogens with zero attached hydrogens (tertiary/aromatic N) is 1. The maximum Gasteiger partial charge on any atom is 0.259 e. The molecule has 0 radical (unpaired) electrons. The SMILES string of the molecule is O=C(NC1CCCCCCC1)[C@@H]1Cc2ccccc2N1C(=O)c1ccccc1. The van der Waals surface area contributed by atoms with Crippen LogP contribution in [0.5, 0.6) is 0 Å². The molecular formula is C24H28N2O2. The van der Waals surface area contributed by atoms with E-state index in [2.05, 4.69) is 5.32 Å². The Kier molecular flexibility index (Phi) is 5.75. The fourth-order valence-electron chi connectivity index (χ4n) is 4.46. The Hall–Kier alpha value is -2.62. The molecule has 0 saturated heterocycles. The van der Waals surface area contributed by atoms with E-state index in [1.54, 1.807) is 4.90 Å². The van der Waals surface area contributed by atoms with Crippen LogP contribution in [-0.4, -0.2) is 23.9 Å². The van der Waals surface area contributed by atoms with Gasteiger partial charge in [0.1, 0.15) is 6.04 Å². The molecule has 4 rings (SSSR count). The second-order valence-corrected chi connectivity index (χ2v) is 7.94. The van der Waals surface area contributed by atoms with Crippen LogP contribution in [0, 0.1) is 0 Å². The molecule has 1 saturated carbocycles. The van der Waals surface area contributed by atoms with Crippen molar-refractivity contribution in [1.82, 2.24) is 5.32 Å². The van der Waals surface area contributed by atoms with Crippen LogP contribution in [0.4, 0.5) is 5.69 Å². The molecule has 2 aliphatic rings. The molecule has 1 atom stereocenters. The van der Waals surface area contributed by atoms with Gasteiger partial charge in [-0.15, -0.1) is 0 Å². The molecule has 1 heterocycles. The summed E-state index contributed by atoms with van der Waals surface area (Å²) >= 11 is 0. The van der Waals surface area contributed by atoms with Gasteiger partial charge in [0.25, 0.3) is 5.91 Å². The summed E-state index contributed by atoms with van der Waals surface area (Å²) < 4.78 is 0. The first-order valence-electron chi connectivity index (χ1n) is 10.5. The maximum atomic E-state index is 13.3. The highest BCUT2D eigenvalue weighted by molar-refractivity contribution is 6.11. The van der Waals surface area contributed by atoms with Gasteiger partial charge in [-0.3, -0.25) is 14.5 Å². The summed E-state index contributed by atoms with van der Waals surface area (Å²) in [5.41, 5.74) is 2.53. The minimum absolute atomic E-state index is 0.0222. The second kappa shape index (κ2) is 8.59. The van der Waals surface area contributed by atoms with E-state index in [1.807, 2.05) is 54.6 Å². The molecule has 1 N–H and O–H groups in total. The molecule has 1 aliphatic heterocycles. The topological polar surface area (TPSA) is 49.4 Å². The standard InChI is InChI=1S/C24H28N2O2/c27-23(25-20-14-7-2-1-3-8-15-20)22-17-19-13-9-10-16-21(19)26(22)24(28)18-11-5-4-6-12-18/h4-6,9-13,16,20,22H,1-3,7-8,14-15,17H2,(H,25,27)/t22-/m0/s1. The Labute approximate surface area is 166 Å². The zero-order valence-electron chi connectivity index (χ0n) is 16.3. The lowest BCUT2D eigenvalue weighted by Gasteiger charge is -2.28. The molecule has 2 aromatic rings. The first-order chi connectivity index (χ1) is 13.7. The van der Waals surface area contributed by atoms with Crippen LogP contribution in [0.25, 0.3) is 0 Å². The molecule has 28 heavy (non-hydrogen) atoms. The van der Waals surface area contributed by atoms with E-state index in [0.29, 0.717) is 12.0 Å². The van der Waals surface area contributed by atoms with Crippen molar-refractivity contribution in [3.8, 4) is 0 Å². The summed E-state index contributed by atoms with van der Waals surface area (Å²) in [6.07, 6.45) is 8.80. The van der Waals surface area contributed by atoms with Gasteiger partial charge < -0.3 is 5.32 Å². The number of rotatable bonds is 3. The third-order valence-electron chi connectivity index (χ3n) is 5.97. The lowest BCUT2D eigenvalue weighted by atomic mass is 9.96. The van der Waals surface area contributed by atoms with Crippen molar-refractivity contribution in [2.24, 2.45) is 0 Å². The van der Waals surface area contributed by atoms with Crippen molar-refractivity contribution < 1.29 is 9.59 Å². The van der Waals surface area contributed by atoms with Gasteiger partial charge in [-0.25, -0.2) is 0 Å². The fourth-order valence-corrected chi connectivity index (χ4v) is 4.46. The summed E-state index contributed by atoms with van der Waals surface area (Å²) in [4.78, 5) is 28.2. The maximum absolute atomic E-state index is 13.3. The van der Waals surface area contributed by atoms with E-state index in [-0.39, 0.29) is 17.9 Å². The number of carbonyl (C=O) groups is 2. The average Bonchev–Trinajstić information content (AvgIpc) is 3.09. The van der Waals surface area contributed by atoms with Gasteiger partial charge in [0.2, 0.25) is 5.91 Å². The van der Waals surface area contributed by atoms with E-state index in [0.717, 1.165) is 24.1 Å². The normalized spacial score (nSPS) is 20.1. The smallest absolute Gasteiger partial charge is 0.259 e. The van der Waals surface area contributed by atoms with E-state index < -0.39 is 6.04 Å². The highest BCUT2D eigenvalue weighted by Crippen LogP contribution is 2.33. The summed E-state index contributed by atoms with van der Waals surface area (Å²) in [6, 6.07) is 16.9. The number of carbonyl (C=O) groups excluding carboxylic acids is 2. The molecular weight excluding hydrogens is 348 g/mol. The van der Waals surface area contributed by atoms with Gasteiger partial charge in [0.05, 0.1) is 0 Å². The minimum Gasteiger partial charge on any atom is -0.352 e. The number of fused-ring (bicyclic) bond motifs is 1. The number of amides is 2. The van der Waals surface area contributed by atoms with Crippen molar-refractivity contribution in [3.63, 3.8) is 0 Å². The number of nitrogens with one attached hydrogen (secondary N) is 1. The van der Waals surface area contributed by atoms with Crippen molar-refractivity contribution in [3.05, 3.63) is 65.7 Å². The first-order valence-corrected chi connectivity index (χ1v) is 10.5. The summed E-state index contributed by atoms with van der Waals surface area (Å²) in [6.45, 7) is 0. The molecule has 0 aromatic heterocycles. The summed E-state index contributed by atoms with van der Waals surface area (Å²) in [5.74, 6) is -0.130. The van der Waals surface area contributed by atoms with Crippen LogP contribution in [0.3, 0.4) is 0 Å². The van der Waals surface area contributed by atoms with Crippen molar-refractivity contribution in [2.45, 2.75) is 63.5 Å². The third-order valence-corrected chi connectivity index (χ3v) is 5.97. The van der Waals surface area contributed by atoms with Crippen LogP contribution < -0.4 is 10.2 Å². The zero-order valence-corrected chi connectivity index (χ0v) is 16.3. The number of benzene rings is 2. The van der Waals surface area contributed by atoms with Crippen molar-refractivity contribution in [2.75, 3.05) is 4.90 Å². The largest absolute Gasteiger partial charge is 0.352 e. The predicted molar refractivity (Wildman–Crippen MR) is 111 cm³/mol. The van der Waals surface area contributed by atoms with Crippen LogP contribution in [-0.2, 0) is 11.2 Å². The first kappa shape index (κ1) is 18.7. The number of anilines is 1. The monoisotopic (exact) mass is 376 g/mol. The molecule has 2 amide bonds. The predicted octanol–water partition coefficient (Wildman–Crippen LogP) is 4.49. The minimum atomic E-state index is -0.476. The Morgan fingerprint density at radius 3 is 2.21 bits per heavy atom. The molecule has 146 valence electrons. The molecule has 4 nitrogen and oxygen atoms in total. The highest BCUT2D eigenvalue weighted by atomic mass is 16.2. The number of hydrogen-bond acceptors (Lipinski definition) is 2. The van der Waals surface area contributed by atoms with Gasteiger partial charge in [0.15, 0.2) is 0 Å². The lowest BCUT2D eigenvalue weighted by molar-refractivity contribution is -0.123. The van der Waals surface area contributed by atoms with Crippen LogP contribution >= 0.6 is 0 Å². The Morgan fingerprint density at radius 2 is 1.46 bits per heavy atom. The third kappa shape index (κ3) is 3.96. The second-order valence-electron chi connectivity index (χ2n) is 7.94. The van der Waals surface area contributed by atoms with E-state index >= 15 is 0 Å². The molecule has 1 aliphatic carbocycles. The van der Waals surface area contributed by atoms with Crippen LogP contribution in [0.15, 0.2) is 54.6 Å². The van der Waals surface area contributed by atoms with E-state index in [1.165, 1.54) is 32.1 Å². The van der Waals surface area contributed by atoms with E-state index in [4.69, 9.17) is 0 Å². The Balaban J connectivity index is 1.56. The van der Waals surface area contributed by atoms with Gasteiger partial charge in [-0.1, -0.05) is 68.5 Å². The Bertz CT molecular complexity index is 826. The van der Waals surface area contributed by atoms with Crippen LogP contribution in [0.1, 0.15) is 60.9 Å². The average molecular weight is 377 g/mol. The molecule has 1 fully saturated rings. The molecule has 0 unspecified atom stereocenters. The van der Waals surface area contributed by atoms with Gasteiger partial charge in [0, 0.05) is 23.7 Å². The Morgan fingerprint density at radius 1 is 0.821 bits per heavy atom. The molecule has 0 bridgehead atoms. The molecule has 4 heteroatoms. The summed E-state index contributed by atoms with van der Waals surface area (Å²) in [5, 5.41) is 3.27. The zero-order chi connectivity index (χ0) is 19.3. The fraction of sp³-hybridized carbons (Fsp3) is 0.417.